The molecule has 1 fully saturated rings. The summed E-state index contributed by atoms with van der Waals surface area (Å²) in [5.41, 5.74) is 2.58. The number of hydrogen-bond donors (Lipinski definition) is 1. The largest absolute Gasteiger partial charge is 0.507 e. The lowest BCUT2D eigenvalue weighted by Gasteiger charge is -2.26. The summed E-state index contributed by atoms with van der Waals surface area (Å²) in [6, 6.07) is 15.8. The first kappa shape index (κ1) is 22.8. The van der Waals surface area contributed by atoms with Gasteiger partial charge >= 0.3 is 0 Å². The molecule has 2 aromatic carbocycles. The maximum absolute atomic E-state index is 13.1. The quantitative estimate of drug-likeness (QED) is 0.341. The monoisotopic (exact) mass is 464 g/mol. The fourth-order valence-corrected chi connectivity index (χ4v) is 4.26. The van der Waals surface area contributed by atoms with Gasteiger partial charge in [0.15, 0.2) is 0 Å². The third-order valence-electron chi connectivity index (χ3n) is 5.76. The van der Waals surface area contributed by atoms with Crippen LogP contribution < -0.4 is 0 Å². The van der Waals surface area contributed by atoms with Crippen LogP contribution in [0.25, 0.3) is 11.4 Å². The number of halogens is 1. The van der Waals surface area contributed by atoms with Gasteiger partial charge < -0.3 is 14.9 Å². The molecule has 0 aliphatic carbocycles. The number of para-hydroxylation sites is 1. The van der Waals surface area contributed by atoms with Crippen molar-refractivity contribution in [1.82, 2.24) is 19.6 Å². The molecular formula is C25H25ClN4O3. The Hall–Kier alpha value is -3.42. The fraction of sp³-hybridized carbons (Fsp3) is 0.240. The van der Waals surface area contributed by atoms with Gasteiger partial charge in [0, 0.05) is 18.1 Å². The summed E-state index contributed by atoms with van der Waals surface area (Å²) in [7, 11) is 3.79. The van der Waals surface area contributed by atoms with Crippen molar-refractivity contribution in [1.29, 1.82) is 0 Å². The molecule has 33 heavy (non-hydrogen) atoms. The first-order chi connectivity index (χ1) is 15.8. The van der Waals surface area contributed by atoms with E-state index in [0.717, 1.165) is 5.69 Å². The van der Waals surface area contributed by atoms with E-state index in [9.17, 15) is 14.7 Å². The summed E-state index contributed by atoms with van der Waals surface area (Å²) < 4.78 is 1.69. The summed E-state index contributed by atoms with van der Waals surface area (Å²) >= 11 is 6.22. The summed E-state index contributed by atoms with van der Waals surface area (Å²) in [5.74, 6) is -1.61. The molecule has 4 rings (SSSR count). The minimum atomic E-state index is -0.747. The average Bonchev–Trinajstić information content (AvgIpc) is 3.30. The topological polar surface area (TPSA) is 78.7 Å². The predicted molar refractivity (Wildman–Crippen MR) is 127 cm³/mol. The minimum Gasteiger partial charge on any atom is -0.507 e. The number of carbonyl (C=O) groups excluding carboxylic acids is 2. The van der Waals surface area contributed by atoms with Crippen molar-refractivity contribution in [2.45, 2.75) is 13.0 Å². The number of likely N-dealkylation sites (tertiary alicyclic amines) is 1. The van der Waals surface area contributed by atoms with Crippen LogP contribution in [-0.2, 0) is 9.59 Å². The van der Waals surface area contributed by atoms with Gasteiger partial charge in [0.25, 0.3) is 11.7 Å². The molecule has 0 radical (unpaired) electrons. The summed E-state index contributed by atoms with van der Waals surface area (Å²) in [4.78, 5) is 29.6. The van der Waals surface area contributed by atoms with Crippen molar-refractivity contribution >= 4 is 29.1 Å². The molecule has 170 valence electrons. The van der Waals surface area contributed by atoms with Crippen molar-refractivity contribution in [2.75, 3.05) is 27.2 Å². The number of benzene rings is 2. The number of amides is 1. The van der Waals surface area contributed by atoms with Gasteiger partial charge in [-0.05, 0) is 50.8 Å². The van der Waals surface area contributed by atoms with Crippen LogP contribution in [-0.4, -0.2) is 63.6 Å². The lowest BCUT2D eigenvalue weighted by Crippen LogP contribution is -2.35. The zero-order valence-electron chi connectivity index (χ0n) is 18.7. The number of hydrogen-bond acceptors (Lipinski definition) is 5. The lowest BCUT2D eigenvalue weighted by molar-refractivity contribution is -0.140. The number of Topliss-reactive ketones (excluding diaryl/α,β-unsaturated/α-hetero) is 1. The molecule has 1 saturated heterocycles. The van der Waals surface area contributed by atoms with E-state index in [1.807, 2.05) is 56.3 Å². The number of aliphatic hydroxyl groups is 1. The van der Waals surface area contributed by atoms with Crippen LogP contribution in [0.4, 0.5) is 0 Å². The van der Waals surface area contributed by atoms with Gasteiger partial charge in [0.05, 0.1) is 34.8 Å². The van der Waals surface area contributed by atoms with Crippen LogP contribution >= 0.6 is 11.6 Å². The number of nitrogens with zero attached hydrogens (tertiary/aromatic N) is 4. The smallest absolute Gasteiger partial charge is 0.295 e. The second kappa shape index (κ2) is 9.21. The van der Waals surface area contributed by atoms with Gasteiger partial charge in [-0.25, -0.2) is 4.68 Å². The van der Waals surface area contributed by atoms with E-state index in [1.54, 1.807) is 28.9 Å². The lowest BCUT2D eigenvalue weighted by atomic mass is 9.95. The minimum absolute atomic E-state index is 0.0386. The molecule has 1 aromatic heterocycles. The first-order valence-corrected chi connectivity index (χ1v) is 11.0. The van der Waals surface area contributed by atoms with Gasteiger partial charge in [0.1, 0.15) is 5.76 Å². The standard InChI is InChI=1S/C25H25ClN4O3/c1-16-20(15-27-30(16)19-10-5-4-6-11-19)23(31)21-22(17-8-7-9-18(26)14-17)29(13-12-28(2)3)25(33)24(21)32/h4-11,14-15,22,31H,12-13H2,1-3H3/b23-21+/t22-/m1/s1. The van der Waals surface area contributed by atoms with Crippen LogP contribution in [0.15, 0.2) is 66.4 Å². The Balaban J connectivity index is 1.85. The number of aromatic nitrogens is 2. The number of carbonyl (C=O) groups is 2. The normalized spacial score (nSPS) is 17.8. The second-order valence-electron chi connectivity index (χ2n) is 8.24. The molecule has 0 bridgehead atoms. The summed E-state index contributed by atoms with van der Waals surface area (Å²) in [6.07, 6.45) is 1.51. The van der Waals surface area contributed by atoms with Crippen LogP contribution in [0, 0.1) is 6.92 Å². The first-order valence-electron chi connectivity index (χ1n) is 10.6. The molecular weight excluding hydrogens is 440 g/mol. The molecule has 1 N–H and O–H groups in total. The van der Waals surface area contributed by atoms with Crippen molar-refractivity contribution in [3.63, 3.8) is 0 Å². The highest BCUT2D eigenvalue weighted by Crippen LogP contribution is 2.40. The Morgan fingerprint density at radius 3 is 2.52 bits per heavy atom. The number of likely N-dealkylation sites (N-methyl/N-ethyl adjacent to an activating group) is 1. The van der Waals surface area contributed by atoms with Crippen LogP contribution in [0.3, 0.4) is 0 Å². The van der Waals surface area contributed by atoms with Crippen LogP contribution in [0.2, 0.25) is 5.02 Å². The Morgan fingerprint density at radius 1 is 1.12 bits per heavy atom. The van der Waals surface area contributed by atoms with Gasteiger partial charge in [-0.15, -0.1) is 0 Å². The molecule has 2 heterocycles. The Bertz CT molecular complexity index is 1230. The Morgan fingerprint density at radius 2 is 1.85 bits per heavy atom. The van der Waals surface area contributed by atoms with Crippen molar-refractivity contribution in [3.8, 4) is 5.69 Å². The highest BCUT2D eigenvalue weighted by atomic mass is 35.5. The van der Waals surface area contributed by atoms with Gasteiger partial charge in [-0.3, -0.25) is 9.59 Å². The van der Waals surface area contributed by atoms with Crippen molar-refractivity contribution < 1.29 is 14.7 Å². The summed E-state index contributed by atoms with van der Waals surface area (Å²) in [5, 5.41) is 16.2. The van der Waals surface area contributed by atoms with E-state index in [-0.39, 0.29) is 11.3 Å². The van der Waals surface area contributed by atoms with Gasteiger partial charge in [-0.2, -0.15) is 5.10 Å². The fourth-order valence-electron chi connectivity index (χ4n) is 4.06. The number of aliphatic hydroxyl groups excluding tert-OH is 1. The third kappa shape index (κ3) is 4.29. The number of ketones is 1. The maximum Gasteiger partial charge on any atom is 0.295 e. The molecule has 3 aromatic rings. The molecule has 0 unspecified atom stereocenters. The molecule has 7 nitrogen and oxygen atoms in total. The molecule has 1 amide bonds. The molecule has 8 heteroatoms. The van der Waals surface area contributed by atoms with E-state index in [1.165, 1.54) is 11.1 Å². The average molecular weight is 465 g/mol. The third-order valence-corrected chi connectivity index (χ3v) is 5.99. The molecule has 1 aliphatic rings. The Labute approximate surface area is 197 Å². The van der Waals surface area contributed by atoms with Crippen LogP contribution in [0.5, 0.6) is 0 Å². The van der Waals surface area contributed by atoms with Crippen LogP contribution in [0.1, 0.15) is 22.9 Å². The van der Waals surface area contributed by atoms with Crippen molar-refractivity contribution in [2.24, 2.45) is 0 Å². The Kier molecular flexibility index (Phi) is 6.35. The zero-order chi connectivity index (χ0) is 23.7. The highest BCUT2D eigenvalue weighted by Gasteiger charge is 2.46. The number of rotatable bonds is 6. The van der Waals surface area contributed by atoms with E-state index in [2.05, 4.69) is 5.10 Å². The van der Waals surface area contributed by atoms with Gasteiger partial charge in [0.2, 0.25) is 0 Å². The molecule has 0 spiro atoms. The van der Waals surface area contributed by atoms with E-state index in [0.29, 0.717) is 34.9 Å². The summed E-state index contributed by atoms with van der Waals surface area (Å²) in [6.45, 7) is 2.70. The molecule has 1 aliphatic heterocycles. The van der Waals surface area contributed by atoms with Gasteiger partial charge in [-0.1, -0.05) is 41.9 Å². The predicted octanol–water partition coefficient (Wildman–Crippen LogP) is 3.82. The van der Waals surface area contributed by atoms with E-state index in [4.69, 9.17) is 11.6 Å². The SMILES string of the molecule is Cc1c(/C(O)=C2\C(=O)C(=O)N(CCN(C)C)[C@@H]2c2cccc(Cl)c2)cnn1-c1ccccc1. The molecule has 0 saturated carbocycles. The van der Waals surface area contributed by atoms with Crippen molar-refractivity contribution in [3.05, 3.63) is 88.2 Å². The second-order valence-corrected chi connectivity index (χ2v) is 8.68. The molecule has 1 atom stereocenters. The zero-order valence-corrected chi connectivity index (χ0v) is 19.5. The highest BCUT2D eigenvalue weighted by molar-refractivity contribution is 6.46. The van der Waals surface area contributed by atoms with E-state index >= 15 is 0 Å². The van der Waals surface area contributed by atoms with E-state index < -0.39 is 17.7 Å². The maximum atomic E-state index is 13.1.